The van der Waals surface area contributed by atoms with E-state index in [-0.39, 0.29) is 6.10 Å². The first-order valence-electron chi connectivity index (χ1n) is 4.65. The Morgan fingerprint density at radius 1 is 1.25 bits per heavy atom. The maximum absolute atomic E-state index is 9.47. The van der Waals surface area contributed by atoms with Gasteiger partial charge < -0.3 is 9.84 Å². The molecule has 74 valence electrons. The summed E-state index contributed by atoms with van der Waals surface area (Å²) in [5.41, 5.74) is -0.615. The molecular weight excluding hydrogens is 152 g/mol. The maximum Gasteiger partial charge on any atom is 0.0616 e. The molecule has 0 rings (SSSR count). The highest BCUT2D eigenvalue weighted by Crippen LogP contribution is 2.13. The van der Waals surface area contributed by atoms with Crippen LogP contribution in [0.2, 0.25) is 0 Å². The summed E-state index contributed by atoms with van der Waals surface area (Å²) in [6, 6.07) is 0. The fraction of sp³-hybridized carbons (Fsp3) is 1.00. The molecule has 0 aromatic rings. The lowest BCUT2D eigenvalue weighted by Crippen LogP contribution is -2.27. The Hall–Kier alpha value is -0.0800. The van der Waals surface area contributed by atoms with Gasteiger partial charge in [0.1, 0.15) is 0 Å². The molecule has 0 aliphatic rings. The van der Waals surface area contributed by atoms with E-state index in [4.69, 9.17) is 4.74 Å². The summed E-state index contributed by atoms with van der Waals surface area (Å²) in [4.78, 5) is 0. The fourth-order valence-corrected chi connectivity index (χ4v) is 1.12. The van der Waals surface area contributed by atoms with E-state index in [9.17, 15) is 5.11 Å². The molecule has 0 aliphatic carbocycles. The first kappa shape index (κ1) is 11.9. The van der Waals surface area contributed by atoms with E-state index in [2.05, 4.69) is 13.8 Å². The van der Waals surface area contributed by atoms with Gasteiger partial charge in [-0.2, -0.15) is 0 Å². The molecule has 0 heterocycles. The normalized spacial score (nSPS) is 15.2. The average molecular weight is 174 g/mol. The number of rotatable bonds is 5. The maximum atomic E-state index is 9.47. The van der Waals surface area contributed by atoms with Crippen molar-refractivity contribution in [3.63, 3.8) is 0 Å². The molecule has 0 radical (unpaired) electrons. The molecule has 0 spiro atoms. The smallest absolute Gasteiger partial charge is 0.0616 e. The van der Waals surface area contributed by atoms with Crippen LogP contribution in [0, 0.1) is 5.92 Å². The zero-order valence-electron chi connectivity index (χ0n) is 8.92. The molecule has 0 fully saturated rings. The minimum Gasteiger partial charge on any atom is -0.390 e. The van der Waals surface area contributed by atoms with Gasteiger partial charge in [0.25, 0.3) is 0 Å². The van der Waals surface area contributed by atoms with Crippen molar-refractivity contribution in [1.29, 1.82) is 0 Å². The van der Waals surface area contributed by atoms with Crippen LogP contribution in [-0.4, -0.2) is 23.4 Å². The second-order valence-electron chi connectivity index (χ2n) is 4.55. The molecule has 12 heavy (non-hydrogen) atoms. The molecule has 1 N–H and O–H groups in total. The third kappa shape index (κ3) is 8.02. The van der Waals surface area contributed by atoms with Crippen LogP contribution >= 0.6 is 0 Å². The lowest BCUT2D eigenvalue weighted by Gasteiger charge is -2.22. The molecule has 0 amide bonds. The Balaban J connectivity index is 3.53. The quantitative estimate of drug-likeness (QED) is 0.692. The predicted octanol–water partition coefficient (Wildman–Crippen LogP) is 2.21. The van der Waals surface area contributed by atoms with E-state index in [0.717, 1.165) is 6.61 Å². The summed E-state index contributed by atoms with van der Waals surface area (Å²) in [5, 5.41) is 9.47. The number of ether oxygens (including phenoxy) is 1. The van der Waals surface area contributed by atoms with Gasteiger partial charge in [0.2, 0.25) is 0 Å². The van der Waals surface area contributed by atoms with Gasteiger partial charge in [-0.25, -0.2) is 0 Å². The molecular formula is C10H22O2. The van der Waals surface area contributed by atoms with Crippen LogP contribution in [0.4, 0.5) is 0 Å². The van der Waals surface area contributed by atoms with Crippen molar-refractivity contribution in [2.75, 3.05) is 6.61 Å². The Morgan fingerprint density at radius 3 is 2.08 bits per heavy atom. The Labute approximate surface area is 75.9 Å². The molecule has 0 aliphatic heterocycles. The standard InChI is InChI=1S/C10H22O2/c1-8(2)7-12-9(3)6-10(4,5)11/h8-9,11H,6-7H2,1-5H3/t9-/m0/s1. The largest absolute Gasteiger partial charge is 0.390 e. The zero-order valence-corrected chi connectivity index (χ0v) is 8.92. The lowest BCUT2D eigenvalue weighted by molar-refractivity contribution is -0.0199. The summed E-state index contributed by atoms with van der Waals surface area (Å²) in [7, 11) is 0. The number of hydrogen-bond acceptors (Lipinski definition) is 2. The minimum absolute atomic E-state index is 0.146. The highest BCUT2D eigenvalue weighted by molar-refractivity contribution is 4.69. The summed E-state index contributed by atoms with van der Waals surface area (Å²) >= 11 is 0. The van der Waals surface area contributed by atoms with Crippen molar-refractivity contribution in [1.82, 2.24) is 0 Å². The minimum atomic E-state index is -0.615. The van der Waals surface area contributed by atoms with Crippen LogP contribution in [0.25, 0.3) is 0 Å². The second kappa shape index (κ2) is 4.83. The third-order valence-electron chi connectivity index (χ3n) is 1.50. The van der Waals surface area contributed by atoms with Gasteiger partial charge >= 0.3 is 0 Å². The van der Waals surface area contributed by atoms with E-state index in [0.29, 0.717) is 12.3 Å². The SMILES string of the molecule is CC(C)CO[C@@H](C)CC(C)(C)O. The first-order chi connectivity index (χ1) is 5.31. The summed E-state index contributed by atoms with van der Waals surface area (Å²) in [6.07, 6.45) is 0.840. The summed E-state index contributed by atoms with van der Waals surface area (Å²) in [6.45, 7) is 10.6. The van der Waals surface area contributed by atoms with Crippen LogP contribution in [-0.2, 0) is 4.74 Å². The molecule has 1 atom stereocenters. The first-order valence-corrected chi connectivity index (χ1v) is 4.65. The topological polar surface area (TPSA) is 29.5 Å². The summed E-state index contributed by atoms with van der Waals surface area (Å²) in [5.74, 6) is 0.564. The Kier molecular flexibility index (Phi) is 4.80. The monoisotopic (exact) mass is 174 g/mol. The van der Waals surface area contributed by atoms with Gasteiger partial charge in [0.15, 0.2) is 0 Å². The molecule has 0 unspecified atom stereocenters. The van der Waals surface area contributed by atoms with Crippen molar-refractivity contribution >= 4 is 0 Å². The van der Waals surface area contributed by atoms with Crippen LogP contribution in [0.15, 0.2) is 0 Å². The molecule has 0 bridgehead atoms. The van der Waals surface area contributed by atoms with E-state index in [1.54, 1.807) is 0 Å². The molecule has 0 aromatic carbocycles. The Bertz CT molecular complexity index is 113. The van der Waals surface area contributed by atoms with E-state index >= 15 is 0 Å². The van der Waals surface area contributed by atoms with Crippen molar-refractivity contribution in [2.45, 2.75) is 52.7 Å². The molecule has 2 heteroatoms. The number of hydrogen-bond donors (Lipinski definition) is 1. The van der Waals surface area contributed by atoms with Gasteiger partial charge in [-0.1, -0.05) is 13.8 Å². The van der Waals surface area contributed by atoms with E-state index < -0.39 is 5.60 Å². The van der Waals surface area contributed by atoms with Gasteiger partial charge in [-0.3, -0.25) is 0 Å². The van der Waals surface area contributed by atoms with Crippen LogP contribution in [0.3, 0.4) is 0 Å². The second-order valence-corrected chi connectivity index (χ2v) is 4.55. The highest BCUT2D eigenvalue weighted by atomic mass is 16.5. The van der Waals surface area contributed by atoms with Crippen LogP contribution < -0.4 is 0 Å². The third-order valence-corrected chi connectivity index (χ3v) is 1.50. The molecule has 2 nitrogen and oxygen atoms in total. The molecule has 0 saturated heterocycles. The fourth-order valence-electron chi connectivity index (χ4n) is 1.12. The van der Waals surface area contributed by atoms with Gasteiger partial charge in [0, 0.05) is 13.0 Å². The van der Waals surface area contributed by atoms with Crippen molar-refractivity contribution < 1.29 is 9.84 Å². The van der Waals surface area contributed by atoms with Crippen LogP contribution in [0.5, 0.6) is 0 Å². The van der Waals surface area contributed by atoms with Gasteiger partial charge in [-0.15, -0.1) is 0 Å². The Morgan fingerprint density at radius 2 is 1.75 bits per heavy atom. The highest BCUT2D eigenvalue weighted by Gasteiger charge is 2.17. The molecule has 0 saturated carbocycles. The van der Waals surface area contributed by atoms with Gasteiger partial charge in [0.05, 0.1) is 11.7 Å². The van der Waals surface area contributed by atoms with Crippen molar-refractivity contribution in [3.05, 3.63) is 0 Å². The lowest BCUT2D eigenvalue weighted by atomic mass is 10.0. The van der Waals surface area contributed by atoms with Crippen molar-refractivity contribution in [3.8, 4) is 0 Å². The summed E-state index contributed by atoms with van der Waals surface area (Å²) < 4.78 is 5.52. The van der Waals surface area contributed by atoms with Gasteiger partial charge in [-0.05, 0) is 26.7 Å². The van der Waals surface area contributed by atoms with E-state index in [1.165, 1.54) is 0 Å². The predicted molar refractivity (Wildman–Crippen MR) is 51.2 cm³/mol. The van der Waals surface area contributed by atoms with Crippen LogP contribution in [0.1, 0.15) is 41.0 Å². The van der Waals surface area contributed by atoms with E-state index in [1.807, 2.05) is 20.8 Å². The molecule has 0 aromatic heterocycles. The average Bonchev–Trinajstić information content (AvgIpc) is 1.79. The zero-order chi connectivity index (χ0) is 9.78. The van der Waals surface area contributed by atoms with Crippen molar-refractivity contribution in [2.24, 2.45) is 5.92 Å². The number of aliphatic hydroxyl groups is 1.